The summed E-state index contributed by atoms with van der Waals surface area (Å²) in [6, 6.07) is 18.2. The second kappa shape index (κ2) is 9.23. The van der Waals surface area contributed by atoms with Gasteiger partial charge in [0.2, 0.25) is 5.89 Å². The Hall–Kier alpha value is -3.17. The Morgan fingerprint density at radius 1 is 1.12 bits per heavy atom. The Morgan fingerprint density at radius 3 is 2.74 bits per heavy atom. The summed E-state index contributed by atoms with van der Waals surface area (Å²) in [5, 5.41) is 7.46. The van der Waals surface area contributed by atoms with Crippen molar-refractivity contribution < 1.29 is 13.9 Å². The average molecular weight is 528 g/mol. The summed E-state index contributed by atoms with van der Waals surface area (Å²) >= 11 is 19.1. The van der Waals surface area contributed by atoms with E-state index in [1.165, 1.54) is 11.3 Å². The fourth-order valence-corrected chi connectivity index (χ4v) is 5.32. The molecule has 0 bridgehead atoms. The number of amides is 1. The molecular formula is C24H15Cl2N3O3S2. The molecule has 1 amide bonds. The van der Waals surface area contributed by atoms with Crippen molar-refractivity contribution in [2.45, 2.75) is 0 Å². The first-order chi connectivity index (χ1) is 16.4. The minimum Gasteiger partial charge on any atom is -0.495 e. The van der Waals surface area contributed by atoms with Crippen LogP contribution in [0.5, 0.6) is 5.75 Å². The van der Waals surface area contributed by atoms with Crippen LogP contribution in [0.4, 0.5) is 5.69 Å². The van der Waals surface area contributed by atoms with Crippen LogP contribution in [0.15, 0.2) is 65.1 Å². The molecule has 2 aromatic heterocycles. The van der Waals surface area contributed by atoms with Gasteiger partial charge in [-0.25, -0.2) is 4.98 Å². The van der Waals surface area contributed by atoms with Gasteiger partial charge >= 0.3 is 0 Å². The van der Waals surface area contributed by atoms with Gasteiger partial charge in [0.05, 0.1) is 17.8 Å². The Balaban J connectivity index is 1.38. The van der Waals surface area contributed by atoms with Gasteiger partial charge in [-0.1, -0.05) is 41.4 Å². The summed E-state index contributed by atoms with van der Waals surface area (Å²) < 4.78 is 12.1. The van der Waals surface area contributed by atoms with E-state index in [-0.39, 0.29) is 5.11 Å². The van der Waals surface area contributed by atoms with Crippen LogP contribution in [0.25, 0.3) is 32.6 Å². The minimum atomic E-state index is -0.422. The third-order valence-electron chi connectivity index (χ3n) is 5.01. The zero-order valence-electron chi connectivity index (χ0n) is 17.5. The lowest BCUT2D eigenvalue weighted by molar-refractivity contribution is 0.0982. The van der Waals surface area contributed by atoms with Gasteiger partial charge in [-0.2, -0.15) is 0 Å². The molecule has 2 heterocycles. The topological polar surface area (TPSA) is 76.4 Å². The number of fused-ring (bicyclic) bond motifs is 2. The fourth-order valence-electron chi connectivity index (χ4n) is 3.43. The third-order valence-corrected chi connectivity index (χ3v) is 7.11. The fraction of sp³-hybridized carbons (Fsp3) is 0.0417. The third kappa shape index (κ3) is 4.33. The molecular weight excluding hydrogens is 513 g/mol. The molecule has 2 N–H and O–H groups in total. The number of ether oxygens (including phenoxy) is 1. The molecule has 0 spiro atoms. The average Bonchev–Trinajstić information content (AvgIpc) is 3.40. The molecule has 0 fully saturated rings. The number of halogens is 2. The van der Waals surface area contributed by atoms with Crippen molar-refractivity contribution in [2.24, 2.45) is 0 Å². The minimum absolute atomic E-state index is 0.0876. The van der Waals surface area contributed by atoms with E-state index in [9.17, 15) is 4.79 Å². The van der Waals surface area contributed by atoms with Crippen LogP contribution in [-0.4, -0.2) is 23.1 Å². The van der Waals surface area contributed by atoms with Gasteiger partial charge in [0.1, 0.15) is 16.1 Å². The molecule has 10 heteroatoms. The van der Waals surface area contributed by atoms with E-state index in [2.05, 4.69) is 15.6 Å². The highest BCUT2D eigenvalue weighted by atomic mass is 35.5. The number of para-hydroxylation sites is 2. The van der Waals surface area contributed by atoms with Crippen molar-refractivity contribution in [3.63, 3.8) is 0 Å². The zero-order chi connectivity index (χ0) is 23.8. The number of carbonyl (C=O) groups is 1. The number of carbonyl (C=O) groups excluding carboxylic acids is 1. The first kappa shape index (κ1) is 22.6. The van der Waals surface area contributed by atoms with E-state index in [1.54, 1.807) is 37.4 Å². The second-order valence-electron chi connectivity index (χ2n) is 7.20. The summed E-state index contributed by atoms with van der Waals surface area (Å²) in [6.07, 6.45) is 0. The van der Waals surface area contributed by atoms with Crippen molar-refractivity contribution in [1.29, 1.82) is 0 Å². The molecule has 170 valence electrons. The number of nitrogens with one attached hydrogen (secondary N) is 2. The first-order valence-electron chi connectivity index (χ1n) is 9.97. The van der Waals surface area contributed by atoms with Crippen molar-refractivity contribution in [3.8, 4) is 17.2 Å². The molecule has 0 atom stereocenters. The van der Waals surface area contributed by atoms with Crippen LogP contribution < -0.4 is 15.4 Å². The molecule has 0 saturated carbocycles. The largest absolute Gasteiger partial charge is 0.495 e. The van der Waals surface area contributed by atoms with Crippen LogP contribution in [0.2, 0.25) is 10.0 Å². The number of thiocarbonyl (C=S) groups is 1. The molecule has 5 rings (SSSR count). The number of rotatable bonds is 4. The molecule has 34 heavy (non-hydrogen) atoms. The molecule has 0 aliphatic heterocycles. The Bertz CT molecular complexity index is 1550. The zero-order valence-corrected chi connectivity index (χ0v) is 20.7. The normalized spacial score (nSPS) is 11.0. The van der Waals surface area contributed by atoms with Crippen LogP contribution in [0, 0.1) is 0 Å². The van der Waals surface area contributed by atoms with Crippen molar-refractivity contribution in [3.05, 3.63) is 75.6 Å². The first-order valence-corrected chi connectivity index (χ1v) is 11.9. The Kier molecular flexibility index (Phi) is 6.14. The van der Waals surface area contributed by atoms with Gasteiger partial charge in [0.25, 0.3) is 5.91 Å². The van der Waals surface area contributed by atoms with E-state index in [1.807, 2.05) is 30.3 Å². The Morgan fingerprint density at radius 2 is 1.94 bits per heavy atom. The molecule has 0 radical (unpaired) electrons. The van der Waals surface area contributed by atoms with Crippen molar-refractivity contribution in [2.75, 3.05) is 12.4 Å². The van der Waals surface area contributed by atoms with Gasteiger partial charge in [0, 0.05) is 20.7 Å². The summed E-state index contributed by atoms with van der Waals surface area (Å²) in [5.41, 5.74) is 2.71. The van der Waals surface area contributed by atoms with Crippen molar-refractivity contribution >= 4 is 84.6 Å². The SMILES string of the molecule is COc1ccc(-c2nc3ccccc3o2)cc1NC(=S)NC(=O)c1sc2cc(Cl)ccc2c1Cl. The molecule has 6 nitrogen and oxygen atoms in total. The van der Waals surface area contributed by atoms with Crippen LogP contribution >= 0.6 is 46.8 Å². The highest BCUT2D eigenvalue weighted by Crippen LogP contribution is 2.37. The molecule has 0 unspecified atom stereocenters. The van der Waals surface area contributed by atoms with Crippen LogP contribution in [0.1, 0.15) is 9.67 Å². The van der Waals surface area contributed by atoms with Crippen LogP contribution in [-0.2, 0) is 0 Å². The number of methoxy groups -OCH3 is 1. The van der Waals surface area contributed by atoms with Gasteiger partial charge in [-0.05, 0) is 54.7 Å². The summed E-state index contributed by atoms with van der Waals surface area (Å²) in [6.45, 7) is 0. The maximum Gasteiger partial charge on any atom is 0.269 e. The predicted molar refractivity (Wildman–Crippen MR) is 142 cm³/mol. The van der Waals surface area contributed by atoms with Gasteiger partial charge in [-0.3, -0.25) is 10.1 Å². The number of oxazole rings is 1. The molecule has 3 aromatic carbocycles. The second-order valence-corrected chi connectivity index (χ2v) is 9.47. The number of nitrogens with zero attached hydrogens (tertiary/aromatic N) is 1. The number of anilines is 1. The van der Waals surface area contributed by atoms with E-state index in [4.69, 9.17) is 44.6 Å². The molecule has 5 aromatic rings. The highest BCUT2D eigenvalue weighted by molar-refractivity contribution is 7.80. The number of thiophene rings is 1. The van der Waals surface area contributed by atoms with Crippen LogP contribution in [0.3, 0.4) is 0 Å². The quantitative estimate of drug-likeness (QED) is 0.241. The number of benzene rings is 3. The van der Waals surface area contributed by atoms with Gasteiger partial charge in [0.15, 0.2) is 10.7 Å². The highest BCUT2D eigenvalue weighted by Gasteiger charge is 2.19. The van der Waals surface area contributed by atoms with E-state index >= 15 is 0 Å². The molecule has 0 aliphatic carbocycles. The number of aromatic nitrogens is 1. The predicted octanol–water partition coefficient (Wildman–Crippen LogP) is 7.15. The van der Waals surface area contributed by atoms with Gasteiger partial charge < -0.3 is 14.5 Å². The molecule has 0 saturated heterocycles. The smallest absolute Gasteiger partial charge is 0.269 e. The maximum atomic E-state index is 12.9. The summed E-state index contributed by atoms with van der Waals surface area (Å²) in [4.78, 5) is 17.7. The molecule has 0 aliphatic rings. The standard InChI is InChI=1S/C24H15Cl2N3O3S2/c1-31-17-9-6-12(23-27-15-4-2-3-5-18(15)32-23)10-16(17)28-24(33)29-22(30)21-20(26)14-8-7-13(25)11-19(14)34-21/h2-11H,1H3,(H2,28,29,30,33). The lowest BCUT2D eigenvalue weighted by atomic mass is 10.2. The lowest BCUT2D eigenvalue weighted by Crippen LogP contribution is -2.33. The maximum absolute atomic E-state index is 12.9. The number of hydrogen-bond donors (Lipinski definition) is 2. The lowest BCUT2D eigenvalue weighted by Gasteiger charge is -2.13. The summed E-state index contributed by atoms with van der Waals surface area (Å²) in [5.74, 6) is 0.567. The monoisotopic (exact) mass is 527 g/mol. The van der Waals surface area contributed by atoms with Crippen molar-refractivity contribution in [1.82, 2.24) is 10.3 Å². The number of hydrogen-bond acceptors (Lipinski definition) is 6. The van der Waals surface area contributed by atoms with E-state index < -0.39 is 5.91 Å². The van der Waals surface area contributed by atoms with E-state index in [0.717, 1.165) is 21.2 Å². The van der Waals surface area contributed by atoms with E-state index in [0.29, 0.717) is 37.8 Å². The van der Waals surface area contributed by atoms with Gasteiger partial charge in [-0.15, -0.1) is 11.3 Å². The summed E-state index contributed by atoms with van der Waals surface area (Å²) in [7, 11) is 1.55. The Labute approximate surface area is 213 Å².